The summed E-state index contributed by atoms with van der Waals surface area (Å²) in [6.07, 6.45) is 9.18. The molecule has 1 saturated carbocycles. The Morgan fingerprint density at radius 2 is 2.23 bits per heavy atom. The zero-order chi connectivity index (χ0) is 8.67. The zero-order valence-corrected chi connectivity index (χ0v) is 8.26. The van der Waals surface area contributed by atoms with Gasteiger partial charge >= 0.3 is 0 Å². The van der Waals surface area contributed by atoms with E-state index in [2.05, 4.69) is 9.97 Å². The second kappa shape index (κ2) is 2.98. The standard InChI is InChI=1S/C10H12N2S/c1-2-4-9-7(3-1)8-5-11-6-12-10(8)13-9/h5-7,9H,1-4H2. The number of thioether (sulfide) groups is 1. The maximum atomic E-state index is 4.34. The minimum absolute atomic E-state index is 0.759. The summed E-state index contributed by atoms with van der Waals surface area (Å²) in [6, 6.07) is 0. The van der Waals surface area contributed by atoms with Crippen LogP contribution in [0.1, 0.15) is 37.2 Å². The van der Waals surface area contributed by atoms with Crippen LogP contribution in [0.2, 0.25) is 0 Å². The molecule has 2 aliphatic rings. The van der Waals surface area contributed by atoms with Crippen molar-refractivity contribution in [2.75, 3.05) is 0 Å². The van der Waals surface area contributed by atoms with Crippen LogP contribution in [-0.2, 0) is 0 Å². The molecule has 2 unspecified atom stereocenters. The molecule has 1 fully saturated rings. The van der Waals surface area contributed by atoms with Gasteiger partial charge < -0.3 is 0 Å². The van der Waals surface area contributed by atoms with E-state index in [1.165, 1.54) is 36.3 Å². The van der Waals surface area contributed by atoms with Gasteiger partial charge in [0.15, 0.2) is 0 Å². The molecule has 13 heavy (non-hydrogen) atoms. The van der Waals surface area contributed by atoms with Gasteiger partial charge in [-0.2, -0.15) is 0 Å². The van der Waals surface area contributed by atoms with Crippen LogP contribution in [0.5, 0.6) is 0 Å². The van der Waals surface area contributed by atoms with Crippen molar-refractivity contribution < 1.29 is 0 Å². The first-order chi connectivity index (χ1) is 6.45. The highest BCUT2D eigenvalue weighted by Crippen LogP contribution is 2.50. The van der Waals surface area contributed by atoms with E-state index in [0.29, 0.717) is 0 Å². The number of nitrogens with zero attached hydrogens (tertiary/aromatic N) is 2. The second-order valence-electron chi connectivity index (χ2n) is 3.83. The van der Waals surface area contributed by atoms with Crippen LogP contribution >= 0.6 is 11.8 Å². The molecule has 0 N–H and O–H groups in total. The SMILES string of the molecule is c1ncc2c(n1)SC1CCCCC21. The molecule has 0 bridgehead atoms. The Balaban J connectivity index is 2.01. The lowest BCUT2D eigenvalue weighted by molar-refractivity contribution is 0.459. The summed E-state index contributed by atoms with van der Waals surface area (Å²) in [7, 11) is 0. The minimum atomic E-state index is 0.759. The summed E-state index contributed by atoms with van der Waals surface area (Å²) in [6.45, 7) is 0. The van der Waals surface area contributed by atoms with E-state index < -0.39 is 0 Å². The number of fused-ring (bicyclic) bond motifs is 3. The highest BCUT2D eigenvalue weighted by molar-refractivity contribution is 8.00. The van der Waals surface area contributed by atoms with Gasteiger partial charge in [0.2, 0.25) is 0 Å². The third kappa shape index (κ3) is 1.17. The molecule has 1 aliphatic carbocycles. The molecule has 2 heterocycles. The van der Waals surface area contributed by atoms with Gasteiger partial charge in [-0.05, 0) is 12.8 Å². The van der Waals surface area contributed by atoms with Crippen molar-refractivity contribution in [2.45, 2.75) is 41.9 Å². The molecule has 2 nitrogen and oxygen atoms in total. The van der Waals surface area contributed by atoms with Crippen molar-refractivity contribution in [1.82, 2.24) is 9.97 Å². The number of aromatic nitrogens is 2. The fourth-order valence-corrected chi connectivity index (χ4v) is 3.89. The van der Waals surface area contributed by atoms with Gasteiger partial charge in [-0.25, -0.2) is 9.97 Å². The molecule has 0 saturated heterocycles. The maximum Gasteiger partial charge on any atom is 0.116 e. The van der Waals surface area contributed by atoms with Gasteiger partial charge in [0.1, 0.15) is 11.4 Å². The highest BCUT2D eigenvalue weighted by Gasteiger charge is 2.35. The van der Waals surface area contributed by atoms with Gasteiger partial charge in [-0.1, -0.05) is 12.8 Å². The Morgan fingerprint density at radius 3 is 3.23 bits per heavy atom. The van der Waals surface area contributed by atoms with E-state index in [0.717, 1.165) is 11.2 Å². The van der Waals surface area contributed by atoms with E-state index in [4.69, 9.17) is 0 Å². The van der Waals surface area contributed by atoms with Crippen LogP contribution in [0, 0.1) is 0 Å². The van der Waals surface area contributed by atoms with Crippen LogP contribution in [0.3, 0.4) is 0 Å². The molecular weight excluding hydrogens is 180 g/mol. The first-order valence-electron chi connectivity index (χ1n) is 4.92. The van der Waals surface area contributed by atoms with E-state index in [9.17, 15) is 0 Å². The number of rotatable bonds is 0. The fourth-order valence-electron chi connectivity index (χ4n) is 2.42. The second-order valence-corrected chi connectivity index (χ2v) is 5.06. The molecule has 1 aliphatic heterocycles. The Bertz CT molecular complexity index is 326. The summed E-state index contributed by atoms with van der Waals surface area (Å²) < 4.78 is 0. The van der Waals surface area contributed by atoms with E-state index in [-0.39, 0.29) is 0 Å². The molecular formula is C10H12N2S. The normalized spacial score (nSPS) is 31.1. The van der Waals surface area contributed by atoms with Crippen LogP contribution in [0.25, 0.3) is 0 Å². The molecule has 3 heteroatoms. The molecule has 1 aromatic heterocycles. The van der Waals surface area contributed by atoms with Crippen LogP contribution < -0.4 is 0 Å². The molecule has 0 radical (unpaired) electrons. The minimum Gasteiger partial charge on any atom is -0.244 e. The zero-order valence-electron chi connectivity index (χ0n) is 7.44. The maximum absolute atomic E-state index is 4.34. The van der Waals surface area contributed by atoms with Crippen molar-refractivity contribution >= 4 is 11.8 Å². The predicted molar refractivity (Wildman–Crippen MR) is 52.9 cm³/mol. The summed E-state index contributed by atoms with van der Waals surface area (Å²) in [5.41, 5.74) is 1.41. The van der Waals surface area contributed by atoms with Gasteiger partial charge in [-0.15, -0.1) is 11.8 Å². The number of hydrogen-bond donors (Lipinski definition) is 0. The van der Waals surface area contributed by atoms with Crippen molar-refractivity contribution in [2.24, 2.45) is 0 Å². The molecule has 0 spiro atoms. The van der Waals surface area contributed by atoms with Crippen LogP contribution in [0.15, 0.2) is 17.6 Å². The van der Waals surface area contributed by atoms with E-state index in [1.54, 1.807) is 6.33 Å². The first kappa shape index (κ1) is 7.80. The first-order valence-corrected chi connectivity index (χ1v) is 5.79. The monoisotopic (exact) mass is 192 g/mol. The summed E-state index contributed by atoms with van der Waals surface area (Å²) in [5.74, 6) is 0.759. The molecule has 0 aromatic carbocycles. The third-order valence-electron chi connectivity index (χ3n) is 3.07. The Morgan fingerprint density at radius 1 is 1.31 bits per heavy atom. The Hall–Kier alpha value is -0.570. The van der Waals surface area contributed by atoms with E-state index >= 15 is 0 Å². The summed E-state index contributed by atoms with van der Waals surface area (Å²) in [5, 5.41) is 2.05. The van der Waals surface area contributed by atoms with Crippen LogP contribution in [-0.4, -0.2) is 15.2 Å². The molecule has 68 valence electrons. The lowest BCUT2D eigenvalue weighted by Crippen LogP contribution is -2.15. The van der Waals surface area contributed by atoms with Crippen molar-refractivity contribution in [3.8, 4) is 0 Å². The predicted octanol–water partition coefficient (Wildman–Crippen LogP) is 2.61. The number of hydrogen-bond acceptors (Lipinski definition) is 3. The summed E-state index contributed by atoms with van der Waals surface area (Å²) in [4.78, 5) is 8.46. The Kier molecular flexibility index (Phi) is 1.79. The molecule has 1 aromatic rings. The average molecular weight is 192 g/mol. The fraction of sp³-hybridized carbons (Fsp3) is 0.600. The quantitative estimate of drug-likeness (QED) is 0.591. The lowest BCUT2D eigenvalue weighted by atomic mass is 9.85. The molecule has 3 rings (SSSR count). The Labute approximate surface area is 82.2 Å². The topological polar surface area (TPSA) is 25.8 Å². The van der Waals surface area contributed by atoms with Crippen LogP contribution in [0.4, 0.5) is 0 Å². The van der Waals surface area contributed by atoms with Gasteiger partial charge in [0.25, 0.3) is 0 Å². The van der Waals surface area contributed by atoms with Crippen molar-refractivity contribution in [3.63, 3.8) is 0 Å². The van der Waals surface area contributed by atoms with E-state index in [1.807, 2.05) is 18.0 Å². The average Bonchev–Trinajstić information content (AvgIpc) is 2.56. The van der Waals surface area contributed by atoms with Gasteiger partial charge in [0, 0.05) is 22.9 Å². The smallest absolute Gasteiger partial charge is 0.116 e. The van der Waals surface area contributed by atoms with Gasteiger partial charge in [-0.3, -0.25) is 0 Å². The van der Waals surface area contributed by atoms with Gasteiger partial charge in [0.05, 0.1) is 0 Å². The molecule has 0 amide bonds. The van der Waals surface area contributed by atoms with Crippen molar-refractivity contribution in [3.05, 3.63) is 18.1 Å². The summed E-state index contributed by atoms with van der Waals surface area (Å²) >= 11 is 1.97. The molecule has 2 atom stereocenters. The highest BCUT2D eigenvalue weighted by atomic mass is 32.2. The third-order valence-corrected chi connectivity index (χ3v) is 4.50. The van der Waals surface area contributed by atoms with Crippen molar-refractivity contribution in [1.29, 1.82) is 0 Å². The largest absolute Gasteiger partial charge is 0.244 e. The lowest BCUT2D eigenvalue weighted by Gasteiger charge is -2.23.